The molecule has 1 aromatic heterocycles. The van der Waals surface area contributed by atoms with Gasteiger partial charge in [-0.2, -0.15) is 0 Å². The van der Waals surface area contributed by atoms with Gasteiger partial charge in [0.25, 0.3) is 5.56 Å². The number of aromatic nitrogens is 2. The number of anilines is 2. The molecular weight excluding hydrogens is 309 g/mol. The molecular formula is C15H16N3NaO4. The van der Waals surface area contributed by atoms with E-state index in [2.05, 4.69) is 15.3 Å². The van der Waals surface area contributed by atoms with Crippen molar-refractivity contribution in [1.29, 1.82) is 0 Å². The molecule has 0 aliphatic rings. The van der Waals surface area contributed by atoms with E-state index in [1.807, 2.05) is 19.9 Å². The number of aromatic carboxylic acids is 1. The number of hydrogen-bond donors (Lipinski definition) is 2. The number of carbonyl (C=O) groups excluding carboxylic acids is 1. The Bertz CT molecular complexity index is 731. The third-order valence-electron chi connectivity index (χ3n) is 2.73. The molecule has 0 radical (unpaired) electrons. The number of para-hydroxylation sites is 2. The zero-order valence-corrected chi connectivity index (χ0v) is 15.3. The van der Waals surface area contributed by atoms with E-state index in [1.165, 1.54) is 0 Å². The summed E-state index contributed by atoms with van der Waals surface area (Å²) in [7, 11) is 0. The molecule has 2 aromatic rings. The van der Waals surface area contributed by atoms with Crippen LogP contribution in [-0.4, -0.2) is 22.5 Å². The molecule has 23 heavy (non-hydrogen) atoms. The Kier molecular flexibility index (Phi) is 7.28. The first-order valence-corrected chi connectivity index (χ1v) is 6.77. The Morgan fingerprint density at radius 3 is 2.70 bits per heavy atom. The number of carbonyl (C=O) groups is 1. The van der Waals surface area contributed by atoms with Gasteiger partial charge in [0.2, 0.25) is 5.95 Å². The second-order valence-electron chi connectivity index (χ2n) is 5.09. The van der Waals surface area contributed by atoms with Crippen LogP contribution in [0.3, 0.4) is 0 Å². The van der Waals surface area contributed by atoms with E-state index in [-0.39, 0.29) is 35.5 Å². The first-order chi connectivity index (χ1) is 10.5. The molecule has 116 valence electrons. The number of aromatic amines is 1. The minimum Gasteiger partial charge on any atom is -0.545 e. The largest absolute Gasteiger partial charge is 1.00 e. The molecule has 0 amide bonds. The molecule has 0 fully saturated rings. The quantitative estimate of drug-likeness (QED) is 0.590. The number of rotatable bonds is 6. The van der Waals surface area contributed by atoms with Gasteiger partial charge in [-0.15, -0.1) is 0 Å². The zero-order valence-electron chi connectivity index (χ0n) is 13.3. The first-order valence-electron chi connectivity index (χ1n) is 6.77. The van der Waals surface area contributed by atoms with Crippen LogP contribution in [0.5, 0.6) is 5.75 Å². The molecule has 0 aliphatic carbocycles. The SMILES string of the molecule is CC(C)COc1ccccc1Nc1ncc(C(=O)[O-])c(=O)[nH]1.[Na+]. The van der Waals surface area contributed by atoms with Gasteiger partial charge in [0.05, 0.1) is 23.8 Å². The third-order valence-corrected chi connectivity index (χ3v) is 2.73. The fourth-order valence-electron chi connectivity index (χ4n) is 1.68. The molecule has 0 atom stereocenters. The number of carboxylic acids is 1. The molecule has 0 saturated carbocycles. The molecule has 2 N–H and O–H groups in total. The van der Waals surface area contributed by atoms with Crippen molar-refractivity contribution < 1.29 is 44.2 Å². The Morgan fingerprint density at radius 1 is 1.39 bits per heavy atom. The van der Waals surface area contributed by atoms with Gasteiger partial charge in [0.15, 0.2) is 0 Å². The zero-order chi connectivity index (χ0) is 16.1. The number of ether oxygens (including phenoxy) is 1. The molecule has 1 heterocycles. The standard InChI is InChI=1S/C15H17N3O4.Na/c1-9(2)8-22-12-6-4-3-5-11(12)17-15-16-7-10(14(20)21)13(19)18-15;/h3-7,9H,8H2,1-2H3,(H,20,21)(H2,16,17,18,19);/q;+1/p-1. The molecule has 2 rings (SSSR count). The van der Waals surface area contributed by atoms with Gasteiger partial charge in [0.1, 0.15) is 5.75 Å². The van der Waals surface area contributed by atoms with E-state index in [0.29, 0.717) is 24.0 Å². The molecule has 0 spiro atoms. The Balaban J connectivity index is 0.00000264. The number of carboxylic acid groups (broad SMARTS) is 1. The maximum Gasteiger partial charge on any atom is 1.00 e. The topological polar surface area (TPSA) is 107 Å². The van der Waals surface area contributed by atoms with Crippen LogP contribution in [-0.2, 0) is 0 Å². The van der Waals surface area contributed by atoms with E-state index >= 15 is 0 Å². The number of hydrogen-bond acceptors (Lipinski definition) is 6. The van der Waals surface area contributed by atoms with Gasteiger partial charge in [-0.3, -0.25) is 9.78 Å². The third kappa shape index (κ3) is 5.38. The normalized spacial score (nSPS) is 10.0. The van der Waals surface area contributed by atoms with Crippen molar-refractivity contribution in [1.82, 2.24) is 9.97 Å². The van der Waals surface area contributed by atoms with Crippen LogP contribution >= 0.6 is 0 Å². The predicted octanol–water partition coefficient (Wildman–Crippen LogP) is -2.08. The summed E-state index contributed by atoms with van der Waals surface area (Å²) in [6.45, 7) is 4.62. The summed E-state index contributed by atoms with van der Waals surface area (Å²) in [4.78, 5) is 28.5. The number of benzene rings is 1. The molecule has 8 heteroatoms. The van der Waals surface area contributed by atoms with Crippen LogP contribution in [0.4, 0.5) is 11.6 Å². The number of nitrogens with one attached hydrogen (secondary N) is 2. The van der Waals surface area contributed by atoms with Crippen molar-refractivity contribution in [3.63, 3.8) is 0 Å². The summed E-state index contributed by atoms with van der Waals surface area (Å²) < 4.78 is 5.68. The fourth-order valence-corrected chi connectivity index (χ4v) is 1.68. The van der Waals surface area contributed by atoms with E-state index < -0.39 is 17.1 Å². The molecule has 0 unspecified atom stereocenters. The molecule has 0 bridgehead atoms. The van der Waals surface area contributed by atoms with E-state index in [1.54, 1.807) is 18.2 Å². The second-order valence-corrected chi connectivity index (χ2v) is 5.09. The van der Waals surface area contributed by atoms with Crippen molar-refractivity contribution >= 4 is 17.6 Å². The van der Waals surface area contributed by atoms with Gasteiger partial charge in [-0.05, 0) is 18.1 Å². The molecule has 1 aromatic carbocycles. The molecule has 0 saturated heterocycles. The maximum atomic E-state index is 11.6. The van der Waals surface area contributed by atoms with Gasteiger partial charge >= 0.3 is 29.6 Å². The van der Waals surface area contributed by atoms with Crippen molar-refractivity contribution in [2.75, 3.05) is 11.9 Å². The Labute approximate surface area is 155 Å². The van der Waals surface area contributed by atoms with Crippen molar-refractivity contribution in [2.45, 2.75) is 13.8 Å². The van der Waals surface area contributed by atoms with E-state index in [0.717, 1.165) is 6.20 Å². The van der Waals surface area contributed by atoms with Crippen LogP contribution in [0.2, 0.25) is 0 Å². The second kappa shape index (κ2) is 8.71. The van der Waals surface area contributed by atoms with Gasteiger partial charge in [-0.25, -0.2) is 4.98 Å². The fraction of sp³-hybridized carbons (Fsp3) is 0.267. The van der Waals surface area contributed by atoms with Crippen LogP contribution < -0.4 is 50.3 Å². The summed E-state index contributed by atoms with van der Waals surface area (Å²) in [5.74, 6) is -0.465. The van der Waals surface area contributed by atoms with Gasteiger partial charge in [0, 0.05) is 6.20 Å². The summed E-state index contributed by atoms with van der Waals surface area (Å²) >= 11 is 0. The number of H-pyrrole nitrogens is 1. The van der Waals surface area contributed by atoms with E-state index in [4.69, 9.17) is 4.74 Å². The van der Waals surface area contributed by atoms with Crippen molar-refractivity contribution in [2.24, 2.45) is 5.92 Å². The summed E-state index contributed by atoms with van der Waals surface area (Å²) in [5.41, 5.74) is -0.680. The van der Waals surface area contributed by atoms with Crippen LogP contribution in [0.25, 0.3) is 0 Å². The summed E-state index contributed by atoms with van der Waals surface area (Å²) in [6, 6.07) is 7.19. The minimum absolute atomic E-state index is 0. The van der Waals surface area contributed by atoms with Crippen LogP contribution in [0.1, 0.15) is 24.2 Å². The Morgan fingerprint density at radius 2 is 2.09 bits per heavy atom. The predicted molar refractivity (Wildman–Crippen MR) is 79.2 cm³/mol. The van der Waals surface area contributed by atoms with Crippen molar-refractivity contribution in [3.05, 3.63) is 46.4 Å². The van der Waals surface area contributed by atoms with Crippen LogP contribution in [0, 0.1) is 5.92 Å². The molecule has 0 aliphatic heterocycles. The van der Waals surface area contributed by atoms with Crippen molar-refractivity contribution in [3.8, 4) is 5.75 Å². The first kappa shape index (κ1) is 19.2. The summed E-state index contributed by atoms with van der Waals surface area (Å²) in [6.07, 6.45) is 0.952. The average Bonchev–Trinajstić information content (AvgIpc) is 2.46. The van der Waals surface area contributed by atoms with E-state index in [9.17, 15) is 14.7 Å². The van der Waals surface area contributed by atoms with Gasteiger partial charge < -0.3 is 20.0 Å². The maximum absolute atomic E-state index is 11.6. The summed E-state index contributed by atoms with van der Waals surface area (Å²) in [5, 5.41) is 13.6. The molecule has 7 nitrogen and oxygen atoms in total. The van der Waals surface area contributed by atoms with Gasteiger partial charge in [-0.1, -0.05) is 26.0 Å². The Hall–Kier alpha value is -1.83. The smallest absolute Gasteiger partial charge is 0.545 e. The average molecular weight is 325 g/mol. The minimum atomic E-state index is -1.57. The van der Waals surface area contributed by atoms with Crippen LogP contribution in [0.15, 0.2) is 35.3 Å². The monoisotopic (exact) mass is 325 g/mol. The number of nitrogens with zero attached hydrogens (tertiary/aromatic N) is 1.